The lowest BCUT2D eigenvalue weighted by atomic mass is 9.93. The van der Waals surface area contributed by atoms with Gasteiger partial charge in [-0.25, -0.2) is 0 Å². The highest BCUT2D eigenvalue weighted by Gasteiger charge is 2.35. The Balaban J connectivity index is 1.93. The van der Waals surface area contributed by atoms with Gasteiger partial charge in [0.05, 0.1) is 6.61 Å². The molecule has 0 aromatic heterocycles. The van der Waals surface area contributed by atoms with Crippen molar-refractivity contribution in [3.8, 4) is 17.6 Å². The van der Waals surface area contributed by atoms with E-state index in [0.29, 0.717) is 51.3 Å². The van der Waals surface area contributed by atoms with Crippen LogP contribution in [0.3, 0.4) is 0 Å². The van der Waals surface area contributed by atoms with Crippen LogP contribution in [-0.2, 0) is 16.2 Å². The molecule has 0 saturated carbocycles. The van der Waals surface area contributed by atoms with Crippen molar-refractivity contribution in [3.05, 3.63) is 74.3 Å². The Labute approximate surface area is 215 Å². The minimum absolute atomic E-state index is 0.0169. The van der Waals surface area contributed by atoms with Gasteiger partial charge in [0, 0.05) is 27.7 Å². The molecule has 0 saturated heterocycles. The van der Waals surface area contributed by atoms with Crippen molar-refractivity contribution in [2.45, 2.75) is 40.2 Å². The fourth-order valence-corrected chi connectivity index (χ4v) is 4.07. The van der Waals surface area contributed by atoms with Crippen LogP contribution >= 0.6 is 23.2 Å². The van der Waals surface area contributed by atoms with Crippen molar-refractivity contribution in [1.82, 2.24) is 4.90 Å². The monoisotopic (exact) mass is 512 g/mol. The van der Waals surface area contributed by atoms with Crippen LogP contribution in [0.4, 0.5) is 0 Å². The number of nitriles is 1. The molecule has 2 aromatic carbocycles. The molecule has 2 aromatic rings. The van der Waals surface area contributed by atoms with E-state index in [9.17, 15) is 14.9 Å². The molecule has 0 atom stereocenters. The summed E-state index contributed by atoms with van der Waals surface area (Å²) in [6.45, 7) is 6.35. The Morgan fingerprint density at radius 3 is 2.46 bits per heavy atom. The number of ether oxygens (including phenoxy) is 2. The second-order valence-electron chi connectivity index (χ2n) is 7.95. The van der Waals surface area contributed by atoms with Crippen molar-refractivity contribution < 1.29 is 19.1 Å². The average molecular weight is 513 g/mol. The number of unbranched alkanes of at least 4 members (excludes halogenated alkanes) is 1. The zero-order valence-electron chi connectivity index (χ0n) is 19.9. The minimum Gasteiger partial charge on any atom is -0.490 e. The highest BCUT2D eigenvalue weighted by atomic mass is 35.5. The smallest absolute Gasteiger partial charge is 0.271 e. The molecule has 1 aliphatic rings. The van der Waals surface area contributed by atoms with Crippen LogP contribution in [0.15, 0.2) is 53.1 Å². The molecule has 0 aliphatic carbocycles. The van der Waals surface area contributed by atoms with E-state index in [-0.39, 0.29) is 18.7 Å². The molecular formula is C27H26Cl2N2O4. The molecule has 0 radical (unpaired) electrons. The van der Waals surface area contributed by atoms with Gasteiger partial charge >= 0.3 is 0 Å². The third kappa shape index (κ3) is 6.05. The van der Waals surface area contributed by atoms with E-state index in [2.05, 4.69) is 0 Å². The van der Waals surface area contributed by atoms with Crippen molar-refractivity contribution >= 4 is 41.1 Å². The number of hydrogen-bond acceptors (Lipinski definition) is 5. The molecule has 6 nitrogen and oxygen atoms in total. The van der Waals surface area contributed by atoms with Gasteiger partial charge in [-0.3, -0.25) is 14.5 Å². The Hall–Kier alpha value is -3.27. The Kier molecular flexibility index (Phi) is 8.97. The highest BCUT2D eigenvalue weighted by Crippen LogP contribution is 2.33. The van der Waals surface area contributed by atoms with Crippen molar-refractivity contribution in [1.29, 1.82) is 5.26 Å². The standard InChI is InChI=1S/C27H26Cl2N2O4/c1-4-6-11-31-26(32)21(17(3)22(15-30)27(31)33)12-18-7-10-24(25(13-18)34-5-2)35-16-19-8-9-20(28)14-23(19)29/h7-10,12-14H,4-6,11,16H2,1-3H3/b21-12+. The number of nitrogens with zero attached hydrogens (tertiary/aromatic N) is 2. The number of carbonyl (C=O) groups is 2. The second kappa shape index (κ2) is 11.9. The van der Waals surface area contributed by atoms with Gasteiger partial charge in [-0.15, -0.1) is 0 Å². The summed E-state index contributed by atoms with van der Waals surface area (Å²) in [7, 11) is 0. The van der Waals surface area contributed by atoms with Crippen molar-refractivity contribution in [3.63, 3.8) is 0 Å². The van der Waals surface area contributed by atoms with Gasteiger partial charge in [0.25, 0.3) is 11.8 Å². The number of rotatable bonds is 9. The molecule has 0 N–H and O–H groups in total. The van der Waals surface area contributed by atoms with Gasteiger partial charge in [0.1, 0.15) is 18.2 Å². The van der Waals surface area contributed by atoms with E-state index in [1.165, 1.54) is 0 Å². The lowest BCUT2D eigenvalue weighted by Gasteiger charge is -2.27. The zero-order chi connectivity index (χ0) is 25.5. The minimum atomic E-state index is -0.541. The van der Waals surface area contributed by atoms with Crippen molar-refractivity contribution in [2.75, 3.05) is 13.2 Å². The number of imide groups is 1. The number of halogens is 2. The molecule has 8 heteroatoms. The van der Waals surface area contributed by atoms with Crippen LogP contribution in [-0.4, -0.2) is 29.9 Å². The van der Waals surface area contributed by atoms with Crippen LogP contribution in [0.2, 0.25) is 10.0 Å². The van der Waals surface area contributed by atoms with Crippen molar-refractivity contribution in [2.24, 2.45) is 0 Å². The lowest BCUT2D eigenvalue weighted by Crippen LogP contribution is -2.43. The molecule has 182 valence electrons. The molecular weight excluding hydrogens is 487 g/mol. The van der Waals surface area contributed by atoms with Crippen LogP contribution in [0.1, 0.15) is 44.7 Å². The van der Waals surface area contributed by atoms with E-state index in [1.54, 1.807) is 49.4 Å². The van der Waals surface area contributed by atoms with E-state index in [0.717, 1.165) is 16.9 Å². The van der Waals surface area contributed by atoms with E-state index in [4.69, 9.17) is 32.7 Å². The van der Waals surface area contributed by atoms with Gasteiger partial charge in [-0.2, -0.15) is 5.26 Å². The third-order valence-corrected chi connectivity index (χ3v) is 6.12. The highest BCUT2D eigenvalue weighted by molar-refractivity contribution is 6.35. The van der Waals surface area contributed by atoms with Gasteiger partial charge in [-0.05, 0) is 61.7 Å². The molecule has 1 heterocycles. The normalized spacial score (nSPS) is 15.0. The topological polar surface area (TPSA) is 79.6 Å². The van der Waals surface area contributed by atoms with E-state index < -0.39 is 11.8 Å². The predicted molar refractivity (Wildman–Crippen MR) is 136 cm³/mol. The summed E-state index contributed by atoms with van der Waals surface area (Å²) in [6, 6.07) is 12.4. The number of benzene rings is 2. The predicted octanol–water partition coefficient (Wildman–Crippen LogP) is 6.36. The number of hydrogen-bond donors (Lipinski definition) is 0. The summed E-state index contributed by atoms with van der Waals surface area (Å²) in [5.74, 6) is 0.0618. The molecule has 0 spiro atoms. The largest absolute Gasteiger partial charge is 0.490 e. The molecule has 2 amide bonds. The second-order valence-corrected chi connectivity index (χ2v) is 8.79. The fourth-order valence-electron chi connectivity index (χ4n) is 3.61. The summed E-state index contributed by atoms with van der Waals surface area (Å²) in [6.07, 6.45) is 3.16. The Bertz CT molecular complexity index is 1240. The maximum absolute atomic E-state index is 13.1. The lowest BCUT2D eigenvalue weighted by molar-refractivity contribution is -0.140. The average Bonchev–Trinajstić information content (AvgIpc) is 2.83. The summed E-state index contributed by atoms with van der Waals surface area (Å²) >= 11 is 12.2. The molecule has 35 heavy (non-hydrogen) atoms. The summed E-state index contributed by atoms with van der Waals surface area (Å²) in [5, 5.41) is 10.6. The van der Waals surface area contributed by atoms with Gasteiger partial charge in [0.15, 0.2) is 11.5 Å². The summed E-state index contributed by atoms with van der Waals surface area (Å²) in [5.41, 5.74) is 2.11. The summed E-state index contributed by atoms with van der Waals surface area (Å²) < 4.78 is 11.7. The molecule has 0 unspecified atom stereocenters. The van der Waals surface area contributed by atoms with Crippen LogP contribution in [0.5, 0.6) is 11.5 Å². The Morgan fingerprint density at radius 1 is 1.03 bits per heavy atom. The van der Waals surface area contributed by atoms with Gasteiger partial charge in [-0.1, -0.05) is 48.7 Å². The molecule has 0 fully saturated rings. The summed E-state index contributed by atoms with van der Waals surface area (Å²) in [4.78, 5) is 26.9. The van der Waals surface area contributed by atoms with Crippen LogP contribution < -0.4 is 9.47 Å². The molecule has 0 bridgehead atoms. The Morgan fingerprint density at radius 2 is 1.80 bits per heavy atom. The quantitative estimate of drug-likeness (QED) is 0.288. The van der Waals surface area contributed by atoms with Gasteiger partial charge < -0.3 is 9.47 Å². The maximum atomic E-state index is 13.1. The number of amides is 2. The SMILES string of the molecule is CCCCN1C(=O)C(C#N)=C(C)/C(=C\c2ccc(OCc3ccc(Cl)cc3Cl)c(OCC)c2)C1=O. The number of carbonyl (C=O) groups excluding carboxylic acids is 2. The first-order valence-electron chi connectivity index (χ1n) is 11.3. The first kappa shape index (κ1) is 26.3. The molecule has 1 aliphatic heterocycles. The third-order valence-electron chi connectivity index (χ3n) is 5.54. The molecule has 3 rings (SSSR count). The van der Waals surface area contributed by atoms with Gasteiger partial charge in [0.2, 0.25) is 0 Å². The first-order chi connectivity index (χ1) is 16.8. The fraction of sp³-hybridized carbons (Fsp3) is 0.296. The maximum Gasteiger partial charge on any atom is 0.271 e. The zero-order valence-corrected chi connectivity index (χ0v) is 21.4. The van der Waals surface area contributed by atoms with E-state index in [1.807, 2.05) is 19.9 Å². The van der Waals surface area contributed by atoms with Crippen LogP contribution in [0.25, 0.3) is 6.08 Å². The van der Waals surface area contributed by atoms with Crippen LogP contribution in [0, 0.1) is 11.3 Å². The first-order valence-corrected chi connectivity index (χ1v) is 12.1. The van der Waals surface area contributed by atoms with E-state index >= 15 is 0 Å².